The number of aromatic nitrogens is 2. The number of ether oxygens (including phenoxy) is 1. The van der Waals surface area contributed by atoms with E-state index in [1.807, 2.05) is 6.20 Å². The summed E-state index contributed by atoms with van der Waals surface area (Å²) in [6, 6.07) is 8.63. The lowest BCUT2D eigenvalue weighted by atomic mass is 10.0. The number of benzene rings is 1. The summed E-state index contributed by atoms with van der Waals surface area (Å²) >= 11 is 3.48. The van der Waals surface area contributed by atoms with E-state index in [1.165, 1.54) is 0 Å². The Morgan fingerprint density at radius 1 is 1.29 bits per heavy atom. The fraction of sp³-hybridized carbons (Fsp3) is 0.526. The molecule has 1 aromatic heterocycles. The molecule has 4 nitrogen and oxygen atoms in total. The lowest BCUT2D eigenvalue weighted by Gasteiger charge is -2.36. The molecule has 1 aromatic carbocycles. The Kier molecular flexibility index (Phi) is 5.13. The predicted molar refractivity (Wildman–Crippen MR) is 101 cm³/mol. The molecule has 2 atom stereocenters. The molecule has 1 aliphatic heterocycles. The van der Waals surface area contributed by atoms with Gasteiger partial charge in [-0.2, -0.15) is 0 Å². The van der Waals surface area contributed by atoms with Crippen LogP contribution in [0.15, 0.2) is 34.9 Å². The van der Waals surface area contributed by atoms with Gasteiger partial charge < -0.3 is 9.72 Å². The summed E-state index contributed by atoms with van der Waals surface area (Å²) in [5, 5.41) is 0. The summed E-state index contributed by atoms with van der Waals surface area (Å²) in [4.78, 5) is 10.8. The lowest BCUT2D eigenvalue weighted by Crippen LogP contribution is -2.41. The summed E-state index contributed by atoms with van der Waals surface area (Å²) in [7, 11) is 1.79. The van der Waals surface area contributed by atoms with Crippen molar-refractivity contribution in [3.8, 4) is 11.3 Å². The summed E-state index contributed by atoms with van der Waals surface area (Å²) < 4.78 is 6.48. The van der Waals surface area contributed by atoms with Crippen LogP contribution in [0.25, 0.3) is 11.3 Å². The van der Waals surface area contributed by atoms with Gasteiger partial charge in [-0.25, -0.2) is 4.98 Å². The molecule has 0 radical (unpaired) electrons. The highest BCUT2D eigenvalue weighted by atomic mass is 79.9. The minimum atomic E-state index is 0.109. The van der Waals surface area contributed by atoms with E-state index >= 15 is 0 Å². The number of nitrogens with zero attached hydrogens (tertiary/aromatic N) is 2. The molecule has 0 aliphatic carbocycles. The number of likely N-dealkylation sites (tertiary alicyclic amines) is 1. The Labute approximate surface area is 152 Å². The van der Waals surface area contributed by atoms with Gasteiger partial charge >= 0.3 is 0 Å². The van der Waals surface area contributed by atoms with Crippen LogP contribution in [-0.2, 0) is 4.74 Å². The Balaban J connectivity index is 1.85. The van der Waals surface area contributed by atoms with Crippen molar-refractivity contribution in [1.82, 2.24) is 14.9 Å². The Morgan fingerprint density at radius 3 is 2.62 bits per heavy atom. The fourth-order valence-corrected chi connectivity index (χ4v) is 3.83. The van der Waals surface area contributed by atoms with E-state index in [9.17, 15) is 0 Å². The maximum Gasteiger partial charge on any atom is 0.123 e. The van der Waals surface area contributed by atoms with Crippen LogP contribution >= 0.6 is 15.9 Å². The molecule has 0 spiro atoms. The molecule has 0 bridgehead atoms. The summed E-state index contributed by atoms with van der Waals surface area (Å²) in [6.07, 6.45) is 3.03. The zero-order valence-electron chi connectivity index (χ0n) is 14.8. The van der Waals surface area contributed by atoms with E-state index in [-0.39, 0.29) is 5.54 Å². The topological polar surface area (TPSA) is 41.1 Å². The van der Waals surface area contributed by atoms with E-state index in [2.05, 4.69) is 70.9 Å². The first-order valence-electron chi connectivity index (χ1n) is 8.45. The van der Waals surface area contributed by atoms with Crippen molar-refractivity contribution in [2.75, 3.05) is 20.3 Å². The second-order valence-corrected chi connectivity index (χ2v) is 8.50. The van der Waals surface area contributed by atoms with Crippen LogP contribution in [0.1, 0.15) is 39.1 Å². The standard InChI is InChI=1S/C19H26BrN3O/c1-19(2,3)23-11-13(12-24-4)9-17(23)18-21-10-16(22-18)14-5-7-15(20)8-6-14/h5-8,10,13,17H,9,11-12H2,1-4H3,(H,21,22)/t13-,17-/m0/s1. The number of imidazole rings is 1. The van der Waals surface area contributed by atoms with Crippen molar-refractivity contribution in [2.45, 2.75) is 38.8 Å². The minimum absolute atomic E-state index is 0.109. The first-order chi connectivity index (χ1) is 11.4. The zero-order chi connectivity index (χ0) is 17.3. The minimum Gasteiger partial charge on any atom is -0.384 e. The molecule has 2 heterocycles. The number of methoxy groups -OCH3 is 1. The maximum atomic E-state index is 5.39. The van der Waals surface area contributed by atoms with Crippen molar-refractivity contribution < 1.29 is 4.74 Å². The molecule has 24 heavy (non-hydrogen) atoms. The monoisotopic (exact) mass is 391 g/mol. The molecule has 3 rings (SSSR count). The number of hydrogen-bond donors (Lipinski definition) is 1. The van der Waals surface area contributed by atoms with Crippen LogP contribution in [0, 0.1) is 5.92 Å². The van der Waals surface area contributed by atoms with Crippen LogP contribution in [-0.4, -0.2) is 40.7 Å². The molecule has 1 N–H and O–H groups in total. The number of halogens is 1. The highest BCUT2D eigenvalue weighted by Crippen LogP contribution is 2.39. The largest absolute Gasteiger partial charge is 0.384 e. The van der Waals surface area contributed by atoms with Crippen molar-refractivity contribution in [3.05, 3.63) is 40.8 Å². The zero-order valence-corrected chi connectivity index (χ0v) is 16.4. The maximum absolute atomic E-state index is 5.39. The first-order valence-corrected chi connectivity index (χ1v) is 9.24. The van der Waals surface area contributed by atoms with Gasteiger partial charge in [-0.1, -0.05) is 28.1 Å². The van der Waals surface area contributed by atoms with E-state index in [1.54, 1.807) is 7.11 Å². The lowest BCUT2D eigenvalue weighted by molar-refractivity contribution is 0.105. The average molecular weight is 392 g/mol. The van der Waals surface area contributed by atoms with Crippen LogP contribution in [0.3, 0.4) is 0 Å². The molecular formula is C19H26BrN3O. The fourth-order valence-electron chi connectivity index (χ4n) is 3.56. The summed E-state index contributed by atoms with van der Waals surface area (Å²) in [5.74, 6) is 1.61. The molecule has 0 saturated carbocycles. The third-order valence-corrected chi connectivity index (χ3v) is 5.25. The normalized spacial score (nSPS) is 22.2. The van der Waals surface area contributed by atoms with Gasteiger partial charge in [0.1, 0.15) is 5.82 Å². The van der Waals surface area contributed by atoms with Gasteiger partial charge in [0, 0.05) is 23.7 Å². The summed E-state index contributed by atoms with van der Waals surface area (Å²) in [6.45, 7) is 8.68. The quantitative estimate of drug-likeness (QED) is 0.824. The SMILES string of the molecule is COC[C@H]1C[C@@H](c2ncc(-c3ccc(Br)cc3)[nH]2)N(C(C)(C)C)C1. The van der Waals surface area contributed by atoms with Gasteiger partial charge in [-0.05, 0) is 50.8 Å². The van der Waals surface area contributed by atoms with Crippen molar-refractivity contribution >= 4 is 15.9 Å². The van der Waals surface area contributed by atoms with Crippen molar-refractivity contribution in [3.63, 3.8) is 0 Å². The number of hydrogen-bond acceptors (Lipinski definition) is 3. The smallest absolute Gasteiger partial charge is 0.123 e. The molecule has 1 fully saturated rings. The predicted octanol–water partition coefficient (Wildman–Crippen LogP) is 4.65. The number of aromatic amines is 1. The second kappa shape index (κ2) is 6.98. The van der Waals surface area contributed by atoms with Crippen molar-refractivity contribution in [1.29, 1.82) is 0 Å². The van der Waals surface area contributed by atoms with E-state index < -0.39 is 0 Å². The van der Waals surface area contributed by atoms with Gasteiger partial charge in [0.05, 0.1) is 24.5 Å². The molecule has 1 aliphatic rings. The Hall–Kier alpha value is -1.17. The van der Waals surface area contributed by atoms with Crippen LogP contribution in [0.2, 0.25) is 0 Å². The molecule has 0 unspecified atom stereocenters. The molecule has 0 amide bonds. The molecule has 5 heteroatoms. The number of rotatable bonds is 4. The van der Waals surface area contributed by atoms with Crippen LogP contribution < -0.4 is 0 Å². The van der Waals surface area contributed by atoms with Crippen LogP contribution in [0.5, 0.6) is 0 Å². The van der Waals surface area contributed by atoms with E-state index in [0.29, 0.717) is 12.0 Å². The van der Waals surface area contributed by atoms with Gasteiger partial charge in [0.2, 0.25) is 0 Å². The van der Waals surface area contributed by atoms with Crippen molar-refractivity contribution in [2.24, 2.45) is 5.92 Å². The third kappa shape index (κ3) is 3.73. The molecule has 2 aromatic rings. The van der Waals surface area contributed by atoms with Gasteiger partial charge in [0.15, 0.2) is 0 Å². The van der Waals surface area contributed by atoms with Crippen LogP contribution in [0.4, 0.5) is 0 Å². The third-order valence-electron chi connectivity index (χ3n) is 4.72. The Morgan fingerprint density at radius 2 is 2.00 bits per heavy atom. The average Bonchev–Trinajstić information content (AvgIpc) is 3.14. The van der Waals surface area contributed by atoms with E-state index in [4.69, 9.17) is 9.72 Å². The number of nitrogens with one attached hydrogen (secondary N) is 1. The first kappa shape index (κ1) is 17.6. The number of H-pyrrole nitrogens is 1. The highest BCUT2D eigenvalue weighted by Gasteiger charge is 2.40. The molecular weight excluding hydrogens is 366 g/mol. The van der Waals surface area contributed by atoms with Gasteiger partial charge in [-0.15, -0.1) is 0 Å². The second-order valence-electron chi connectivity index (χ2n) is 7.59. The van der Waals surface area contributed by atoms with Gasteiger partial charge in [-0.3, -0.25) is 4.90 Å². The summed E-state index contributed by atoms with van der Waals surface area (Å²) in [5.41, 5.74) is 2.34. The van der Waals surface area contributed by atoms with Gasteiger partial charge in [0.25, 0.3) is 0 Å². The highest BCUT2D eigenvalue weighted by molar-refractivity contribution is 9.10. The van der Waals surface area contributed by atoms with E-state index in [0.717, 1.165) is 41.1 Å². The molecule has 130 valence electrons. The Bertz CT molecular complexity index is 675. The molecule has 1 saturated heterocycles.